The standard InChI is InChI=1S/C28H48O3S4Si/c1-26(2,3)36(5,6)31-25(19-27(4)32-14-10-15-33-27)20-28(34-16-11-17-35-28)18-24(29)22-30-21-23-12-8-7-9-13-23/h7-9,12-13,24-25,29H,10-11,14-22H2,1-6H3/t24-,25+/m1/s1. The average molecular weight is 589 g/mol. The van der Waals surface area contributed by atoms with Crippen molar-refractivity contribution in [2.24, 2.45) is 0 Å². The van der Waals surface area contributed by atoms with E-state index < -0.39 is 14.4 Å². The van der Waals surface area contributed by atoms with Gasteiger partial charge in [-0.1, -0.05) is 51.1 Å². The summed E-state index contributed by atoms with van der Waals surface area (Å²) in [5.74, 6) is 4.83. The van der Waals surface area contributed by atoms with Crippen LogP contribution in [0, 0.1) is 0 Å². The molecule has 1 N–H and O–H groups in total. The number of rotatable bonds is 12. The molecule has 8 heteroatoms. The number of aliphatic hydroxyl groups excluding tert-OH is 1. The summed E-state index contributed by atoms with van der Waals surface area (Å²) in [4.78, 5) is 0. The fourth-order valence-corrected chi connectivity index (χ4v) is 12.5. The molecule has 0 spiro atoms. The SMILES string of the molecule is CC1(C[C@@H](CC2(C[C@@H](O)COCc3ccccc3)SCCCS2)O[Si](C)(C)C(C)(C)C)SCCCS1. The van der Waals surface area contributed by atoms with Gasteiger partial charge in [0.2, 0.25) is 0 Å². The molecule has 206 valence electrons. The first kappa shape index (κ1) is 31.2. The smallest absolute Gasteiger partial charge is 0.192 e. The highest BCUT2D eigenvalue weighted by atomic mass is 32.2. The van der Waals surface area contributed by atoms with E-state index in [0.717, 1.165) is 36.3 Å². The second-order valence-electron chi connectivity index (χ2n) is 11.9. The summed E-state index contributed by atoms with van der Waals surface area (Å²) in [6.45, 7) is 15.2. The Morgan fingerprint density at radius 3 is 2.08 bits per heavy atom. The first-order chi connectivity index (χ1) is 16.9. The summed E-state index contributed by atoms with van der Waals surface area (Å²) >= 11 is 8.37. The van der Waals surface area contributed by atoms with Crippen LogP contribution in [0.3, 0.4) is 0 Å². The van der Waals surface area contributed by atoms with Crippen LogP contribution in [0.15, 0.2) is 30.3 Å². The van der Waals surface area contributed by atoms with Gasteiger partial charge in [-0.3, -0.25) is 0 Å². The van der Waals surface area contributed by atoms with Gasteiger partial charge in [-0.25, -0.2) is 0 Å². The van der Waals surface area contributed by atoms with Gasteiger partial charge in [0.1, 0.15) is 0 Å². The van der Waals surface area contributed by atoms with Gasteiger partial charge in [-0.05, 0) is 85.7 Å². The minimum Gasteiger partial charge on any atom is -0.414 e. The zero-order valence-corrected chi connectivity index (χ0v) is 27.5. The van der Waals surface area contributed by atoms with Gasteiger partial charge in [-0.2, -0.15) is 0 Å². The molecule has 2 aliphatic heterocycles. The fourth-order valence-electron chi connectivity index (χ4n) is 4.54. The number of thioether (sulfide) groups is 4. The van der Waals surface area contributed by atoms with Crippen molar-refractivity contribution in [1.82, 2.24) is 0 Å². The van der Waals surface area contributed by atoms with Crippen molar-refractivity contribution >= 4 is 55.4 Å². The van der Waals surface area contributed by atoms with E-state index in [1.807, 2.05) is 18.2 Å². The van der Waals surface area contributed by atoms with Crippen LogP contribution in [0.2, 0.25) is 18.1 Å². The molecule has 36 heavy (non-hydrogen) atoms. The maximum atomic E-state index is 11.1. The Kier molecular flexibility index (Phi) is 12.0. The molecule has 0 unspecified atom stereocenters. The van der Waals surface area contributed by atoms with Crippen LogP contribution < -0.4 is 0 Å². The first-order valence-corrected chi connectivity index (χ1v) is 20.3. The normalized spacial score (nSPS) is 22.2. The summed E-state index contributed by atoms with van der Waals surface area (Å²) in [6, 6.07) is 10.2. The van der Waals surface area contributed by atoms with Gasteiger partial charge in [0.15, 0.2) is 8.32 Å². The van der Waals surface area contributed by atoms with Crippen LogP contribution in [0.5, 0.6) is 0 Å². The van der Waals surface area contributed by atoms with Crippen LogP contribution in [0.25, 0.3) is 0 Å². The highest BCUT2D eigenvalue weighted by Gasteiger charge is 2.45. The molecule has 3 rings (SSSR count). The molecule has 1 aromatic rings. The molecular formula is C28H48O3S4Si. The molecule has 0 bridgehead atoms. The summed E-state index contributed by atoms with van der Waals surface area (Å²) in [5.41, 5.74) is 1.15. The lowest BCUT2D eigenvalue weighted by Gasteiger charge is -2.46. The monoisotopic (exact) mass is 588 g/mol. The lowest BCUT2D eigenvalue weighted by molar-refractivity contribution is 0.0210. The second-order valence-corrected chi connectivity index (χ2v) is 23.3. The lowest BCUT2D eigenvalue weighted by Crippen LogP contribution is -2.47. The summed E-state index contributed by atoms with van der Waals surface area (Å²) in [7, 11) is -1.93. The number of ether oxygens (including phenoxy) is 1. The maximum Gasteiger partial charge on any atom is 0.192 e. The van der Waals surface area contributed by atoms with Crippen molar-refractivity contribution in [3.05, 3.63) is 35.9 Å². The first-order valence-electron chi connectivity index (χ1n) is 13.5. The van der Waals surface area contributed by atoms with E-state index in [0.29, 0.717) is 13.2 Å². The lowest BCUT2D eigenvalue weighted by atomic mass is 10.0. The van der Waals surface area contributed by atoms with Crippen LogP contribution in [-0.2, 0) is 15.8 Å². The predicted octanol–water partition coefficient (Wildman–Crippen LogP) is 8.28. The minimum atomic E-state index is -1.93. The van der Waals surface area contributed by atoms with Gasteiger partial charge >= 0.3 is 0 Å². The number of benzene rings is 1. The Labute approximate surface area is 238 Å². The topological polar surface area (TPSA) is 38.7 Å². The Morgan fingerprint density at radius 1 is 0.917 bits per heavy atom. The Bertz CT molecular complexity index is 775. The molecule has 0 amide bonds. The van der Waals surface area contributed by atoms with Crippen molar-refractivity contribution < 1.29 is 14.3 Å². The molecule has 0 saturated carbocycles. The zero-order chi connectivity index (χ0) is 26.3. The third kappa shape index (κ3) is 9.72. The van der Waals surface area contributed by atoms with Gasteiger partial charge in [0.25, 0.3) is 0 Å². The number of hydrogen-bond donors (Lipinski definition) is 1. The third-order valence-electron chi connectivity index (χ3n) is 7.50. The molecule has 3 nitrogen and oxygen atoms in total. The molecule has 0 aromatic heterocycles. The quantitative estimate of drug-likeness (QED) is 0.246. The van der Waals surface area contributed by atoms with Gasteiger partial charge < -0.3 is 14.3 Å². The summed E-state index contributed by atoms with van der Waals surface area (Å²) < 4.78 is 13.3. The predicted molar refractivity (Wildman–Crippen MR) is 168 cm³/mol. The number of hydrogen-bond acceptors (Lipinski definition) is 7. The van der Waals surface area contributed by atoms with Crippen LogP contribution in [-0.4, -0.2) is 63.4 Å². The Hall–Kier alpha value is 0.717. The molecule has 0 radical (unpaired) electrons. The fraction of sp³-hybridized carbons (Fsp3) is 0.786. The number of aliphatic hydroxyl groups is 1. The molecule has 2 aliphatic rings. The maximum absolute atomic E-state index is 11.1. The molecule has 1 aromatic carbocycles. The molecule has 2 atom stereocenters. The zero-order valence-electron chi connectivity index (χ0n) is 23.2. The van der Waals surface area contributed by atoms with E-state index in [4.69, 9.17) is 9.16 Å². The Balaban J connectivity index is 1.71. The van der Waals surface area contributed by atoms with Crippen molar-refractivity contribution in [2.45, 2.75) is 105 Å². The van der Waals surface area contributed by atoms with Gasteiger partial charge in [0.05, 0.1) is 27.5 Å². The average Bonchev–Trinajstić information content (AvgIpc) is 2.79. The summed E-state index contributed by atoms with van der Waals surface area (Å²) in [5, 5.41) is 11.3. The third-order valence-corrected chi connectivity index (χ3v) is 18.7. The van der Waals surface area contributed by atoms with E-state index in [-0.39, 0.29) is 19.3 Å². The van der Waals surface area contributed by atoms with Crippen LogP contribution in [0.1, 0.15) is 65.4 Å². The molecule has 0 aliphatic carbocycles. The molecular weight excluding hydrogens is 541 g/mol. The molecule has 2 fully saturated rings. The highest BCUT2D eigenvalue weighted by molar-refractivity contribution is 8.19. The van der Waals surface area contributed by atoms with Crippen molar-refractivity contribution in [1.29, 1.82) is 0 Å². The van der Waals surface area contributed by atoms with Crippen molar-refractivity contribution in [3.8, 4) is 0 Å². The van der Waals surface area contributed by atoms with E-state index in [1.165, 1.54) is 24.3 Å². The second kappa shape index (κ2) is 13.9. The van der Waals surface area contributed by atoms with E-state index in [2.05, 4.69) is 100.0 Å². The molecule has 2 heterocycles. The molecule has 2 saturated heterocycles. The minimum absolute atomic E-state index is 0.0127. The van der Waals surface area contributed by atoms with Gasteiger partial charge in [-0.15, -0.1) is 47.0 Å². The van der Waals surface area contributed by atoms with E-state index in [9.17, 15) is 5.11 Å². The summed E-state index contributed by atoms with van der Waals surface area (Å²) in [6.07, 6.45) is 5.14. The van der Waals surface area contributed by atoms with Crippen LogP contribution >= 0.6 is 47.0 Å². The van der Waals surface area contributed by atoms with E-state index >= 15 is 0 Å². The Morgan fingerprint density at radius 2 is 1.50 bits per heavy atom. The van der Waals surface area contributed by atoms with Crippen LogP contribution in [0.4, 0.5) is 0 Å². The van der Waals surface area contributed by atoms with Crippen molar-refractivity contribution in [3.63, 3.8) is 0 Å². The largest absolute Gasteiger partial charge is 0.414 e. The van der Waals surface area contributed by atoms with Gasteiger partial charge in [0, 0.05) is 6.10 Å². The van der Waals surface area contributed by atoms with Crippen molar-refractivity contribution in [2.75, 3.05) is 29.6 Å². The van der Waals surface area contributed by atoms with E-state index in [1.54, 1.807) is 0 Å². The highest BCUT2D eigenvalue weighted by Crippen LogP contribution is 2.53.